The fourth-order valence-corrected chi connectivity index (χ4v) is 7.56. The van der Waals surface area contributed by atoms with Crippen molar-refractivity contribution < 1.29 is 0 Å². The fraction of sp³-hybridized carbons (Fsp3) is 0.0769. The van der Waals surface area contributed by atoms with Crippen LogP contribution in [-0.4, -0.2) is 9.13 Å². The molecule has 0 amide bonds. The lowest BCUT2D eigenvalue weighted by Crippen LogP contribution is -2.15. The van der Waals surface area contributed by atoms with Crippen molar-refractivity contribution in [2.45, 2.75) is 19.3 Å². The standard InChI is InChI=1S/C39H28N2/c1-39(2)32-15-7-3-11-27(32)30-23-24-36-37(38(30)39)31-14-6-10-18-35(31)41(36)26-21-19-25(20-22-26)40-33-16-8-4-12-28(33)29-13-5-9-17-34(29)40/h3-24H,1-2H3. The monoisotopic (exact) mass is 524 g/mol. The third-order valence-corrected chi connectivity index (χ3v) is 9.30. The molecule has 0 fully saturated rings. The van der Waals surface area contributed by atoms with E-state index in [1.165, 1.54) is 77.2 Å². The number of hydrogen-bond acceptors (Lipinski definition) is 0. The maximum absolute atomic E-state index is 2.44. The van der Waals surface area contributed by atoms with Gasteiger partial charge < -0.3 is 9.13 Å². The number of para-hydroxylation sites is 3. The largest absolute Gasteiger partial charge is 0.309 e. The van der Waals surface area contributed by atoms with E-state index >= 15 is 0 Å². The summed E-state index contributed by atoms with van der Waals surface area (Å²) in [5.41, 5.74) is 12.8. The molecule has 0 N–H and O–H groups in total. The molecule has 0 atom stereocenters. The number of hydrogen-bond donors (Lipinski definition) is 0. The summed E-state index contributed by atoms with van der Waals surface area (Å²) in [4.78, 5) is 0. The third kappa shape index (κ3) is 2.92. The number of rotatable bonds is 2. The molecule has 1 aliphatic rings. The lowest BCUT2D eigenvalue weighted by Gasteiger charge is -2.22. The van der Waals surface area contributed by atoms with E-state index in [1.807, 2.05) is 0 Å². The summed E-state index contributed by atoms with van der Waals surface area (Å²) in [7, 11) is 0. The van der Waals surface area contributed by atoms with E-state index in [-0.39, 0.29) is 5.41 Å². The first-order valence-electron chi connectivity index (χ1n) is 14.4. The topological polar surface area (TPSA) is 9.86 Å². The Bertz CT molecular complexity index is 2270. The van der Waals surface area contributed by atoms with Crippen LogP contribution in [0.25, 0.3) is 66.1 Å². The van der Waals surface area contributed by atoms with Gasteiger partial charge in [-0.2, -0.15) is 0 Å². The minimum absolute atomic E-state index is 0.0687. The molecule has 194 valence electrons. The van der Waals surface area contributed by atoms with Gasteiger partial charge >= 0.3 is 0 Å². The van der Waals surface area contributed by atoms with E-state index in [0.717, 1.165) is 0 Å². The van der Waals surface area contributed by atoms with Gasteiger partial charge in [0.2, 0.25) is 0 Å². The highest BCUT2D eigenvalue weighted by molar-refractivity contribution is 6.14. The Morgan fingerprint density at radius 3 is 1.54 bits per heavy atom. The first-order chi connectivity index (χ1) is 20.1. The summed E-state index contributed by atoms with van der Waals surface area (Å²) in [5, 5.41) is 5.25. The zero-order valence-corrected chi connectivity index (χ0v) is 23.1. The quantitative estimate of drug-likeness (QED) is 0.213. The lowest BCUT2D eigenvalue weighted by atomic mass is 9.80. The van der Waals surface area contributed by atoms with Gasteiger partial charge in [-0.1, -0.05) is 98.8 Å². The van der Waals surface area contributed by atoms with Crippen molar-refractivity contribution in [2.24, 2.45) is 0 Å². The summed E-state index contributed by atoms with van der Waals surface area (Å²) in [5.74, 6) is 0. The zero-order valence-electron chi connectivity index (χ0n) is 23.1. The van der Waals surface area contributed by atoms with Crippen LogP contribution in [0.3, 0.4) is 0 Å². The van der Waals surface area contributed by atoms with Crippen LogP contribution in [0.2, 0.25) is 0 Å². The number of aromatic nitrogens is 2. The van der Waals surface area contributed by atoms with Crippen LogP contribution in [0.5, 0.6) is 0 Å². The van der Waals surface area contributed by atoms with Gasteiger partial charge in [-0.25, -0.2) is 0 Å². The van der Waals surface area contributed by atoms with Crippen LogP contribution in [0.4, 0.5) is 0 Å². The fourth-order valence-electron chi connectivity index (χ4n) is 7.56. The summed E-state index contributed by atoms with van der Waals surface area (Å²) in [6, 6.07) is 48.9. The maximum atomic E-state index is 2.44. The second-order valence-corrected chi connectivity index (χ2v) is 11.8. The van der Waals surface area contributed by atoms with E-state index in [9.17, 15) is 0 Å². The van der Waals surface area contributed by atoms with Gasteiger partial charge in [0, 0.05) is 38.3 Å². The Hall–Kier alpha value is -5.08. The van der Waals surface area contributed by atoms with E-state index in [1.54, 1.807) is 0 Å². The Morgan fingerprint density at radius 2 is 0.902 bits per heavy atom. The smallest absolute Gasteiger partial charge is 0.0544 e. The molecule has 2 nitrogen and oxygen atoms in total. The van der Waals surface area contributed by atoms with Crippen molar-refractivity contribution in [1.82, 2.24) is 9.13 Å². The Balaban J connectivity index is 1.29. The highest BCUT2D eigenvalue weighted by atomic mass is 15.0. The summed E-state index contributed by atoms with van der Waals surface area (Å²) < 4.78 is 4.83. The first kappa shape index (κ1) is 22.7. The van der Waals surface area contributed by atoms with E-state index in [0.29, 0.717) is 0 Å². The molecule has 0 unspecified atom stereocenters. The van der Waals surface area contributed by atoms with Gasteiger partial charge in [0.25, 0.3) is 0 Å². The van der Waals surface area contributed by atoms with Crippen molar-refractivity contribution >= 4 is 43.6 Å². The molecular formula is C39H28N2. The first-order valence-corrected chi connectivity index (χ1v) is 14.4. The molecule has 0 bridgehead atoms. The highest BCUT2D eigenvalue weighted by Gasteiger charge is 2.37. The predicted octanol–water partition coefficient (Wildman–Crippen LogP) is 10.2. The Kier molecular flexibility index (Phi) is 4.42. The molecule has 9 rings (SSSR count). The molecule has 0 saturated carbocycles. The van der Waals surface area contributed by atoms with Gasteiger partial charge in [0.15, 0.2) is 0 Å². The Morgan fingerprint density at radius 1 is 0.415 bits per heavy atom. The minimum Gasteiger partial charge on any atom is -0.309 e. The lowest BCUT2D eigenvalue weighted by molar-refractivity contribution is 0.666. The van der Waals surface area contributed by atoms with Gasteiger partial charge in [-0.15, -0.1) is 0 Å². The van der Waals surface area contributed by atoms with Crippen LogP contribution in [0, 0.1) is 0 Å². The highest BCUT2D eigenvalue weighted by Crippen LogP contribution is 2.53. The molecule has 0 aliphatic heterocycles. The van der Waals surface area contributed by atoms with Crippen LogP contribution in [-0.2, 0) is 5.41 Å². The molecule has 2 heterocycles. The molecule has 2 aromatic heterocycles. The number of fused-ring (bicyclic) bond motifs is 10. The van der Waals surface area contributed by atoms with E-state index in [2.05, 4.69) is 156 Å². The molecule has 41 heavy (non-hydrogen) atoms. The molecular weight excluding hydrogens is 496 g/mol. The Labute approximate surface area is 238 Å². The third-order valence-electron chi connectivity index (χ3n) is 9.30. The molecule has 0 saturated heterocycles. The van der Waals surface area contributed by atoms with E-state index in [4.69, 9.17) is 0 Å². The average Bonchev–Trinajstić information content (AvgIpc) is 3.61. The summed E-state index contributed by atoms with van der Waals surface area (Å²) >= 11 is 0. The van der Waals surface area contributed by atoms with Crippen LogP contribution < -0.4 is 0 Å². The molecule has 6 aromatic carbocycles. The number of nitrogens with zero attached hydrogens (tertiary/aromatic N) is 2. The minimum atomic E-state index is -0.0687. The molecule has 1 aliphatic carbocycles. The second kappa shape index (κ2) is 7.99. The van der Waals surface area contributed by atoms with Crippen LogP contribution >= 0.6 is 0 Å². The van der Waals surface area contributed by atoms with Gasteiger partial charge in [0.1, 0.15) is 0 Å². The molecule has 0 spiro atoms. The SMILES string of the molecule is CC1(C)c2ccccc2-c2ccc3c(c21)c1ccccc1n3-c1ccc(-n2c3ccccc3c3ccccc32)cc1. The predicted molar refractivity (Wildman–Crippen MR) is 173 cm³/mol. The van der Waals surface area contributed by atoms with Gasteiger partial charge in [-0.3, -0.25) is 0 Å². The van der Waals surface area contributed by atoms with Gasteiger partial charge in [-0.05, 0) is 70.8 Å². The number of benzene rings is 6. The van der Waals surface area contributed by atoms with Crippen molar-refractivity contribution in [3.8, 4) is 22.5 Å². The average molecular weight is 525 g/mol. The van der Waals surface area contributed by atoms with Crippen molar-refractivity contribution in [2.75, 3.05) is 0 Å². The van der Waals surface area contributed by atoms with Crippen molar-refractivity contribution in [3.05, 3.63) is 145 Å². The summed E-state index contributed by atoms with van der Waals surface area (Å²) in [6.45, 7) is 4.76. The molecule has 0 radical (unpaired) electrons. The second-order valence-electron chi connectivity index (χ2n) is 11.8. The molecule has 2 heteroatoms. The molecule has 8 aromatic rings. The normalized spacial score (nSPS) is 13.8. The maximum Gasteiger partial charge on any atom is 0.0544 e. The summed E-state index contributed by atoms with van der Waals surface area (Å²) in [6.07, 6.45) is 0. The zero-order chi connectivity index (χ0) is 27.3. The van der Waals surface area contributed by atoms with Crippen molar-refractivity contribution in [3.63, 3.8) is 0 Å². The van der Waals surface area contributed by atoms with Gasteiger partial charge in [0.05, 0.1) is 22.1 Å². The van der Waals surface area contributed by atoms with E-state index < -0.39 is 0 Å². The van der Waals surface area contributed by atoms with Crippen LogP contribution in [0.1, 0.15) is 25.0 Å². The van der Waals surface area contributed by atoms with Crippen LogP contribution in [0.15, 0.2) is 133 Å². The van der Waals surface area contributed by atoms with Crippen molar-refractivity contribution in [1.29, 1.82) is 0 Å².